The molecule has 0 aliphatic heterocycles. The number of carboxylic acids is 1. The summed E-state index contributed by atoms with van der Waals surface area (Å²) in [4.78, 5) is 37.0. The molecular weight excluding hydrogens is 432 g/mol. The Balaban J connectivity index is 1.19. The Morgan fingerprint density at radius 3 is 1.97 bits per heavy atom. The van der Waals surface area contributed by atoms with Gasteiger partial charge in [0.1, 0.15) is 6.61 Å². The minimum Gasteiger partial charge on any atom is -0.481 e. The Labute approximate surface area is 198 Å². The molecule has 0 unspecified atom stereocenters. The van der Waals surface area contributed by atoms with E-state index in [9.17, 15) is 19.5 Å². The van der Waals surface area contributed by atoms with Crippen molar-refractivity contribution in [2.75, 3.05) is 6.61 Å². The van der Waals surface area contributed by atoms with Crippen molar-refractivity contribution in [1.29, 1.82) is 0 Å². The second kappa shape index (κ2) is 9.49. The number of hydrogen-bond acceptors (Lipinski definition) is 4. The third-order valence-electron chi connectivity index (χ3n) is 7.66. The number of carboxylic acid groups (broad SMARTS) is 1. The van der Waals surface area contributed by atoms with Gasteiger partial charge in [-0.15, -0.1) is 0 Å². The number of carbonyl (C=O) groups excluding carboxylic acids is 2. The first-order chi connectivity index (χ1) is 16.5. The van der Waals surface area contributed by atoms with Gasteiger partial charge in [0.25, 0.3) is 0 Å². The smallest absolute Gasteiger partial charge is 0.407 e. The van der Waals surface area contributed by atoms with Crippen molar-refractivity contribution in [3.63, 3.8) is 0 Å². The highest BCUT2D eigenvalue weighted by Crippen LogP contribution is 2.44. The number of hydrogen-bond donors (Lipinski definition) is 3. The molecule has 178 valence electrons. The molecule has 3 aliphatic carbocycles. The number of nitrogens with one attached hydrogen (secondary N) is 2. The van der Waals surface area contributed by atoms with Crippen LogP contribution in [0, 0.1) is 11.8 Å². The number of rotatable bonds is 6. The molecule has 2 saturated carbocycles. The molecule has 0 spiro atoms. The van der Waals surface area contributed by atoms with E-state index in [0.29, 0.717) is 25.7 Å². The number of fused-ring (bicyclic) bond motifs is 3. The third kappa shape index (κ3) is 4.27. The zero-order chi connectivity index (χ0) is 23.7. The number of ether oxygens (including phenoxy) is 1. The van der Waals surface area contributed by atoms with Crippen molar-refractivity contribution >= 4 is 18.0 Å². The second-order valence-electron chi connectivity index (χ2n) is 9.60. The van der Waals surface area contributed by atoms with Crippen LogP contribution in [0.15, 0.2) is 48.5 Å². The number of carbonyl (C=O) groups is 3. The lowest BCUT2D eigenvalue weighted by Crippen LogP contribution is -2.48. The maximum Gasteiger partial charge on any atom is 0.407 e. The molecular formula is C27H30N2O5. The summed E-state index contributed by atoms with van der Waals surface area (Å²) in [5.74, 6) is -1.94. The van der Waals surface area contributed by atoms with Gasteiger partial charge in [-0.2, -0.15) is 0 Å². The van der Waals surface area contributed by atoms with Crippen LogP contribution in [-0.4, -0.2) is 41.8 Å². The van der Waals surface area contributed by atoms with E-state index in [2.05, 4.69) is 34.9 Å². The molecule has 3 aliphatic rings. The average molecular weight is 463 g/mol. The largest absolute Gasteiger partial charge is 0.481 e. The molecule has 0 aromatic heterocycles. The van der Waals surface area contributed by atoms with E-state index in [4.69, 9.17) is 4.74 Å². The molecule has 0 heterocycles. The third-order valence-corrected chi connectivity index (χ3v) is 7.66. The van der Waals surface area contributed by atoms with Gasteiger partial charge in [-0.1, -0.05) is 61.4 Å². The van der Waals surface area contributed by atoms with Gasteiger partial charge in [-0.3, -0.25) is 9.59 Å². The molecule has 4 atom stereocenters. The van der Waals surface area contributed by atoms with Crippen LogP contribution in [0.25, 0.3) is 11.1 Å². The number of alkyl carbamates (subject to hydrolysis) is 1. The molecule has 0 bridgehead atoms. The van der Waals surface area contributed by atoms with Crippen molar-refractivity contribution in [1.82, 2.24) is 10.6 Å². The van der Waals surface area contributed by atoms with Crippen molar-refractivity contribution in [2.24, 2.45) is 11.8 Å². The lowest BCUT2D eigenvalue weighted by atomic mass is 9.98. The molecule has 34 heavy (non-hydrogen) atoms. The summed E-state index contributed by atoms with van der Waals surface area (Å²) in [7, 11) is 0. The SMILES string of the molecule is O=C(N[C@H]1CCC[C@H]1C(=O)N[C@H]1CCC[C@H]1C(=O)O)OCC1c2ccccc2-c2ccccc21. The molecule has 0 radical (unpaired) electrons. The highest BCUT2D eigenvalue weighted by Gasteiger charge is 2.39. The molecule has 2 fully saturated rings. The van der Waals surface area contributed by atoms with Gasteiger partial charge in [0.2, 0.25) is 5.91 Å². The topological polar surface area (TPSA) is 105 Å². The monoisotopic (exact) mass is 462 g/mol. The molecule has 0 saturated heterocycles. The van der Waals surface area contributed by atoms with E-state index in [-0.39, 0.29) is 36.4 Å². The first-order valence-corrected chi connectivity index (χ1v) is 12.2. The van der Waals surface area contributed by atoms with E-state index in [1.807, 2.05) is 24.3 Å². The average Bonchev–Trinajstić information content (AvgIpc) is 3.55. The Morgan fingerprint density at radius 2 is 1.35 bits per heavy atom. The van der Waals surface area contributed by atoms with E-state index in [1.165, 1.54) is 11.1 Å². The van der Waals surface area contributed by atoms with Crippen LogP contribution in [0.3, 0.4) is 0 Å². The normalized spacial score (nSPS) is 25.4. The summed E-state index contributed by atoms with van der Waals surface area (Å²) in [5.41, 5.74) is 4.65. The van der Waals surface area contributed by atoms with Gasteiger partial charge >= 0.3 is 12.1 Å². The lowest BCUT2D eigenvalue weighted by Gasteiger charge is -2.24. The molecule has 2 aromatic rings. The van der Waals surface area contributed by atoms with Gasteiger partial charge in [0, 0.05) is 18.0 Å². The quantitative estimate of drug-likeness (QED) is 0.600. The molecule has 2 aromatic carbocycles. The fourth-order valence-electron chi connectivity index (χ4n) is 5.96. The van der Waals surface area contributed by atoms with Crippen LogP contribution >= 0.6 is 0 Å². The summed E-state index contributed by atoms with van der Waals surface area (Å²) >= 11 is 0. The number of amides is 2. The minimum atomic E-state index is -0.859. The fourth-order valence-corrected chi connectivity index (χ4v) is 5.96. The molecule has 7 heteroatoms. The summed E-state index contributed by atoms with van der Waals surface area (Å²) in [5, 5.41) is 15.2. The predicted molar refractivity (Wildman–Crippen MR) is 126 cm³/mol. The summed E-state index contributed by atoms with van der Waals surface area (Å²) in [6.07, 6.45) is 3.76. The lowest BCUT2D eigenvalue weighted by molar-refractivity contribution is -0.142. The zero-order valence-corrected chi connectivity index (χ0v) is 19.0. The van der Waals surface area contributed by atoms with Crippen molar-refractivity contribution in [3.8, 4) is 11.1 Å². The molecule has 2 amide bonds. The standard InChI is InChI=1S/C27H30N2O5/c30-25(28-24-14-6-12-21(24)26(31)32)20-11-5-13-23(20)29-27(33)34-15-22-18-9-3-1-7-16(18)17-8-2-4-10-19(17)22/h1-4,7-10,20-24H,5-6,11-15H2,(H,28,30)(H,29,33)(H,31,32)/t20-,21-,23+,24+/m1/s1. The molecule has 5 rings (SSSR count). The maximum atomic E-state index is 12.9. The summed E-state index contributed by atoms with van der Waals surface area (Å²) in [6, 6.07) is 15.7. The Hall–Kier alpha value is -3.35. The van der Waals surface area contributed by atoms with Crippen LogP contribution in [0.2, 0.25) is 0 Å². The van der Waals surface area contributed by atoms with E-state index >= 15 is 0 Å². The minimum absolute atomic E-state index is 0.0175. The van der Waals surface area contributed by atoms with Crippen LogP contribution in [0.5, 0.6) is 0 Å². The highest BCUT2D eigenvalue weighted by molar-refractivity contribution is 5.82. The van der Waals surface area contributed by atoms with Gasteiger partial charge in [-0.25, -0.2) is 4.79 Å². The Bertz CT molecular complexity index is 1050. The van der Waals surface area contributed by atoms with Gasteiger partial charge in [0.05, 0.1) is 11.8 Å². The van der Waals surface area contributed by atoms with Gasteiger partial charge in [0.15, 0.2) is 0 Å². The van der Waals surface area contributed by atoms with Crippen molar-refractivity contribution in [2.45, 2.75) is 56.5 Å². The van der Waals surface area contributed by atoms with Crippen LogP contribution in [-0.2, 0) is 14.3 Å². The molecule has 3 N–H and O–H groups in total. The second-order valence-corrected chi connectivity index (χ2v) is 9.60. The molecule has 7 nitrogen and oxygen atoms in total. The zero-order valence-electron chi connectivity index (χ0n) is 19.0. The maximum absolute atomic E-state index is 12.9. The number of aliphatic carboxylic acids is 1. The summed E-state index contributed by atoms with van der Waals surface area (Å²) < 4.78 is 5.65. The Morgan fingerprint density at radius 1 is 0.794 bits per heavy atom. The first kappa shape index (κ1) is 22.4. The van der Waals surface area contributed by atoms with Gasteiger partial charge < -0.3 is 20.5 Å². The Kier molecular flexibility index (Phi) is 6.26. The van der Waals surface area contributed by atoms with Crippen LogP contribution in [0.1, 0.15) is 55.6 Å². The van der Waals surface area contributed by atoms with Crippen molar-refractivity contribution in [3.05, 3.63) is 59.7 Å². The predicted octanol–water partition coefficient (Wildman–Crippen LogP) is 4.06. The van der Waals surface area contributed by atoms with Crippen molar-refractivity contribution < 1.29 is 24.2 Å². The van der Waals surface area contributed by atoms with E-state index in [0.717, 1.165) is 24.0 Å². The van der Waals surface area contributed by atoms with Gasteiger partial charge in [-0.05, 0) is 47.9 Å². The van der Waals surface area contributed by atoms with E-state index < -0.39 is 18.0 Å². The number of benzene rings is 2. The van der Waals surface area contributed by atoms with Crippen LogP contribution < -0.4 is 10.6 Å². The summed E-state index contributed by atoms with van der Waals surface area (Å²) in [6.45, 7) is 0.228. The highest BCUT2D eigenvalue weighted by atomic mass is 16.5. The van der Waals surface area contributed by atoms with Crippen LogP contribution in [0.4, 0.5) is 4.79 Å². The van der Waals surface area contributed by atoms with E-state index in [1.54, 1.807) is 0 Å². The fraction of sp³-hybridized carbons (Fsp3) is 0.444. The first-order valence-electron chi connectivity index (χ1n) is 12.2.